The molecule has 0 spiro atoms. The lowest BCUT2D eigenvalue weighted by Crippen LogP contribution is -2.21. The Morgan fingerprint density at radius 2 is 2.12 bits per heavy atom. The molecule has 2 unspecified atom stereocenters. The number of nitrogens with one attached hydrogen (secondary N) is 1. The predicted molar refractivity (Wildman–Crippen MR) is 65.0 cm³/mol. The third-order valence-electron chi connectivity index (χ3n) is 3.23. The first-order chi connectivity index (χ1) is 8.15. The van der Waals surface area contributed by atoms with Crippen LogP contribution in [-0.2, 0) is 6.54 Å². The summed E-state index contributed by atoms with van der Waals surface area (Å²) in [7, 11) is 0. The Labute approximate surface area is 105 Å². The Bertz CT molecular complexity index is 384. The molecule has 0 saturated heterocycles. The first-order valence-corrected chi connectivity index (χ1v) is 6.37. The zero-order chi connectivity index (χ0) is 12.3. The summed E-state index contributed by atoms with van der Waals surface area (Å²) in [5.41, 5.74) is 0.380. The molecule has 0 heterocycles. The Balaban J connectivity index is 1.80. The number of rotatable bonds is 4. The van der Waals surface area contributed by atoms with Gasteiger partial charge in [0.15, 0.2) is 0 Å². The Hall–Kier alpha value is -0.670. The SMILES string of the molecule is Fc1ccc(F)c(CNCC2CCC(Cl)C2)c1. The number of alkyl halides is 1. The van der Waals surface area contributed by atoms with Crippen LogP contribution in [0, 0.1) is 17.6 Å². The van der Waals surface area contributed by atoms with E-state index in [4.69, 9.17) is 11.6 Å². The Morgan fingerprint density at radius 3 is 2.82 bits per heavy atom. The summed E-state index contributed by atoms with van der Waals surface area (Å²) in [5.74, 6) is -0.195. The fourth-order valence-electron chi connectivity index (χ4n) is 2.29. The van der Waals surface area contributed by atoms with Crippen LogP contribution in [0.3, 0.4) is 0 Å². The second-order valence-electron chi connectivity index (χ2n) is 4.64. The van der Waals surface area contributed by atoms with E-state index in [0.29, 0.717) is 18.0 Å². The highest BCUT2D eigenvalue weighted by Gasteiger charge is 2.22. The van der Waals surface area contributed by atoms with E-state index in [1.165, 1.54) is 6.07 Å². The van der Waals surface area contributed by atoms with Crippen molar-refractivity contribution in [1.29, 1.82) is 0 Å². The van der Waals surface area contributed by atoms with Crippen molar-refractivity contribution in [2.45, 2.75) is 31.2 Å². The minimum absolute atomic E-state index is 0.285. The average Bonchev–Trinajstić information content (AvgIpc) is 2.69. The van der Waals surface area contributed by atoms with Crippen molar-refractivity contribution in [2.24, 2.45) is 5.92 Å². The van der Waals surface area contributed by atoms with E-state index < -0.39 is 5.82 Å². The van der Waals surface area contributed by atoms with E-state index in [1.807, 2.05) is 0 Å². The van der Waals surface area contributed by atoms with E-state index in [-0.39, 0.29) is 11.2 Å². The van der Waals surface area contributed by atoms with Gasteiger partial charge in [-0.25, -0.2) is 8.78 Å². The van der Waals surface area contributed by atoms with Crippen molar-refractivity contribution < 1.29 is 8.78 Å². The second kappa shape index (κ2) is 5.78. The third kappa shape index (κ3) is 3.65. The van der Waals surface area contributed by atoms with Gasteiger partial charge in [0.25, 0.3) is 0 Å². The minimum atomic E-state index is -0.398. The molecule has 4 heteroatoms. The molecule has 1 saturated carbocycles. The number of halogens is 3. The molecule has 1 aliphatic rings. The summed E-state index contributed by atoms with van der Waals surface area (Å²) in [4.78, 5) is 0. The van der Waals surface area contributed by atoms with Crippen LogP contribution in [-0.4, -0.2) is 11.9 Å². The molecule has 1 aromatic rings. The lowest BCUT2D eigenvalue weighted by molar-refractivity contribution is 0.481. The zero-order valence-corrected chi connectivity index (χ0v) is 10.3. The van der Waals surface area contributed by atoms with E-state index >= 15 is 0 Å². The van der Waals surface area contributed by atoms with Crippen molar-refractivity contribution in [2.75, 3.05) is 6.54 Å². The zero-order valence-electron chi connectivity index (χ0n) is 9.56. The topological polar surface area (TPSA) is 12.0 Å². The van der Waals surface area contributed by atoms with Gasteiger partial charge in [-0.3, -0.25) is 0 Å². The van der Waals surface area contributed by atoms with Gasteiger partial charge in [-0.1, -0.05) is 0 Å². The van der Waals surface area contributed by atoms with Crippen LogP contribution < -0.4 is 5.32 Å². The lowest BCUT2D eigenvalue weighted by atomic mass is 10.1. The fraction of sp³-hybridized carbons (Fsp3) is 0.538. The molecular formula is C13H16ClF2N. The van der Waals surface area contributed by atoms with Crippen LogP contribution in [0.1, 0.15) is 24.8 Å². The summed E-state index contributed by atoms with van der Waals surface area (Å²) in [6, 6.07) is 3.53. The molecule has 0 bridgehead atoms. The maximum Gasteiger partial charge on any atom is 0.127 e. The molecule has 1 aromatic carbocycles. The Morgan fingerprint density at radius 1 is 1.29 bits per heavy atom. The maximum absolute atomic E-state index is 13.3. The lowest BCUT2D eigenvalue weighted by Gasteiger charge is -2.11. The summed E-state index contributed by atoms with van der Waals surface area (Å²) >= 11 is 6.01. The van der Waals surface area contributed by atoms with E-state index in [1.54, 1.807) is 0 Å². The average molecular weight is 260 g/mol. The van der Waals surface area contributed by atoms with Crippen molar-refractivity contribution in [3.05, 3.63) is 35.4 Å². The summed E-state index contributed by atoms with van der Waals surface area (Å²) < 4.78 is 26.2. The quantitative estimate of drug-likeness (QED) is 0.817. The molecule has 0 aliphatic heterocycles. The fourth-order valence-corrected chi connectivity index (χ4v) is 2.67. The van der Waals surface area contributed by atoms with Gasteiger partial charge in [0.2, 0.25) is 0 Å². The highest BCUT2D eigenvalue weighted by molar-refractivity contribution is 6.20. The van der Waals surface area contributed by atoms with Crippen LogP contribution in [0.2, 0.25) is 0 Å². The highest BCUT2D eigenvalue weighted by atomic mass is 35.5. The first-order valence-electron chi connectivity index (χ1n) is 5.94. The van der Waals surface area contributed by atoms with Crippen LogP contribution >= 0.6 is 11.6 Å². The van der Waals surface area contributed by atoms with Crippen LogP contribution in [0.25, 0.3) is 0 Å². The summed E-state index contributed by atoms with van der Waals surface area (Å²) in [6.45, 7) is 1.19. The standard InChI is InChI=1S/C13H16ClF2N/c14-11-2-1-9(5-11)7-17-8-10-6-12(15)3-4-13(10)16/h3-4,6,9,11,17H,1-2,5,7-8H2. The molecule has 2 rings (SSSR count). The molecule has 1 aliphatic carbocycles. The molecule has 94 valence electrons. The third-order valence-corrected chi connectivity index (χ3v) is 3.63. The van der Waals surface area contributed by atoms with Gasteiger partial charge in [0.1, 0.15) is 11.6 Å². The molecule has 1 fully saturated rings. The van der Waals surface area contributed by atoms with Crippen LogP contribution in [0.5, 0.6) is 0 Å². The van der Waals surface area contributed by atoms with Gasteiger partial charge in [-0.2, -0.15) is 0 Å². The molecule has 0 aromatic heterocycles. The van der Waals surface area contributed by atoms with Gasteiger partial charge in [-0.05, 0) is 49.9 Å². The molecular weight excluding hydrogens is 244 g/mol. The molecule has 1 N–H and O–H groups in total. The molecule has 0 radical (unpaired) electrons. The summed E-state index contributed by atoms with van der Waals surface area (Å²) in [5, 5.41) is 3.45. The number of hydrogen-bond acceptors (Lipinski definition) is 1. The van der Waals surface area contributed by atoms with Gasteiger partial charge in [-0.15, -0.1) is 11.6 Å². The normalized spacial score (nSPS) is 24.2. The van der Waals surface area contributed by atoms with E-state index in [2.05, 4.69) is 5.32 Å². The smallest absolute Gasteiger partial charge is 0.127 e. The number of benzene rings is 1. The van der Waals surface area contributed by atoms with Crippen molar-refractivity contribution in [3.8, 4) is 0 Å². The number of hydrogen-bond donors (Lipinski definition) is 1. The van der Waals surface area contributed by atoms with Gasteiger partial charge < -0.3 is 5.32 Å². The van der Waals surface area contributed by atoms with Gasteiger partial charge in [0, 0.05) is 17.5 Å². The van der Waals surface area contributed by atoms with Crippen LogP contribution in [0.4, 0.5) is 8.78 Å². The van der Waals surface area contributed by atoms with Crippen molar-refractivity contribution >= 4 is 11.6 Å². The van der Waals surface area contributed by atoms with Crippen LogP contribution in [0.15, 0.2) is 18.2 Å². The van der Waals surface area contributed by atoms with Gasteiger partial charge in [0.05, 0.1) is 0 Å². The monoisotopic (exact) mass is 259 g/mol. The molecule has 17 heavy (non-hydrogen) atoms. The van der Waals surface area contributed by atoms with Crippen molar-refractivity contribution in [3.63, 3.8) is 0 Å². The Kier molecular flexibility index (Phi) is 4.35. The molecule has 0 amide bonds. The van der Waals surface area contributed by atoms with Crippen molar-refractivity contribution in [1.82, 2.24) is 5.32 Å². The molecule has 2 atom stereocenters. The van der Waals surface area contributed by atoms with E-state index in [0.717, 1.165) is 37.9 Å². The summed E-state index contributed by atoms with van der Waals surface area (Å²) in [6.07, 6.45) is 3.19. The van der Waals surface area contributed by atoms with E-state index in [9.17, 15) is 8.78 Å². The second-order valence-corrected chi connectivity index (χ2v) is 5.26. The largest absolute Gasteiger partial charge is 0.312 e. The maximum atomic E-state index is 13.3. The first kappa shape index (κ1) is 12.8. The highest BCUT2D eigenvalue weighted by Crippen LogP contribution is 2.28. The minimum Gasteiger partial charge on any atom is -0.312 e. The molecule has 1 nitrogen and oxygen atoms in total. The predicted octanol–water partition coefficient (Wildman–Crippen LogP) is 3.46. The van der Waals surface area contributed by atoms with Gasteiger partial charge >= 0.3 is 0 Å².